The molecule has 90 valence electrons. The monoisotopic (exact) mass is 246 g/mol. The first-order chi connectivity index (χ1) is 7.89. The number of aromatic nitrogens is 3. The molecule has 0 amide bonds. The van der Waals surface area contributed by atoms with Crippen LogP contribution in [0, 0.1) is 5.82 Å². The van der Waals surface area contributed by atoms with E-state index in [4.69, 9.17) is 5.73 Å². The lowest BCUT2D eigenvalue weighted by Gasteiger charge is -2.09. The van der Waals surface area contributed by atoms with Crippen LogP contribution in [0.3, 0.4) is 0 Å². The molecule has 1 aromatic carbocycles. The topological polar surface area (TPSA) is 56.7 Å². The summed E-state index contributed by atoms with van der Waals surface area (Å²) in [4.78, 5) is 0. The van der Waals surface area contributed by atoms with E-state index >= 15 is 0 Å². The Balaban J connectivity index is 2.57. The van der Waals surface area contributed by atoms with Gasteiger partial charge in [0.05, 0.1) is 5.69 Å². The molecule has 1 aromatic heterocycles. The van der Waals surface area contributed by atoms with Crippen molar-refractivity contribution in [2.24, 2.45) is 0 Å². The zero-order valence-electron chi connectivity index (χ0n) is 8.24. The van der Waals surface area contributed by atoms with Crippen molar-refractivity contribution in [3.05, 3.63) is 35.8 Å². The van der Waals surface area contributed by atoms with Gasteiger partial charge in [-0.05, 0) is 24.3 Å². The largest absolute Gasteiger partial charge is 0.437 e. The highest BCUT2D eigenvalue weighted by atomic mass is 19.4. The van der Waals surface area contributed by atoms with Crippen molar-refractivity contribution in [1.29, 1.82) is 0 Å². The van der Waals surface area contributed by atoms with E-state index in [-0.39, 0.29) is 5.69 Å². The fourth-order valence-electron chi connectivity index (χ4n) is 1.32. The second kappa shape index (κ2) is 3.72. The predicted molar refractivity (Wildman–Crippen MR) is 50.7 cm³/mol. The number of hydrogen-bond acceptors (Lipinski definition) is 3. The van der Waals surface area contributed by atoms with Crippen LogP contribution >= 0.6 is 0 Å². The Hall–Kier alpha value is -2.12. The minimum Gasteiger partial charge on any atom is -0.380 e. The molecule has 0 fully saturated rings. The number of anilines is 1. The quantitative estimate of drug-likeness (QED) is 0.783. The van der Waals surface area contributed by atoms with Crippen molar-refractivity contribution in [2.75, 3.05) is 5.73 Å². The van der Waals surface area contributed by atoms with Crippen molar-refractivity contribution in [3.63, 3.8) is 0 Å². The van der Waals surface area contributed by atoms with Crippen LogP contribution in [0.25, 0.3) is 5.69 Å². The minimum absolute atomic E-state index is 0.0305. The van der Waals surface area contributed by atoms with Gasteiger partial charge in [0, 0.05) is 0 Å². The first kappa shape index (κ1) is 11.4. The van der Waals surface area contributed by atoms with Gasteiger partial charge in [0.25, 0.3) is 0 Å². The molecule has 4 nitrogen and oxygen atoms in total. The van der Waals surface area contributed by atoms with Crippen molar-refractivity contribution in [1.82, 2.24) is 15.0 Å². The molecular formula is C9H6F4N4. The van der Waals surface area contributed by atoms with E-state index in [0.717, 1.165) is 24.3 Å². The molecule has 0 saturated carbocycles. The lowest BCUT2D eigenvalue weighted by molar-refractivity contribution is -0.142. The molecule has 0 spiro atoms. The molecule has 0 aliphatic heterocycles. The summed E-state index contributed by atoms with van der Waals surface area (Å²) in [7, 11) is 0. The second-order valence-corrected chi connectivity index (χ2v) is 3.21. The van der Waals surface area contributed by atoms with Crippen LogP contribution in [0.2, 0.25) is 0 Å². The molecule has 0 radical (unpaired) electrons. The van der Waals surface area contributed by atoms with Crippen LogP contribution in [0.15, 0.2) is 24.3 Å². The summed E-state index contributed by atoms with van der Waals surface area (Å²) in [6, 6.07) is 4.35. The molecule has 17 heavy (non-hydrogen) atoms. The molecule has 8 heteroatoms. The number of benzene rings is 1. The third kappa shape index (κ3) is 2.05. The van der Waals surface area contributed by atoms with Gasteiger partial charge >= 0.3 is 6.18 Å². The summed E-state index contributed by atoms with van der Waals surface area (Å²) in [5, 5.41) is 6.44. The smallest absolute Gasteiger partial charge is 0.380 e. The first-order valence-corrected chi connectivity index (χ1v) is 4.44. The van der Waals surface area contributed by atoms with Gasteiger partial charge in [-0.1, -0.05) is 5.21 Å². The van der Waals surface area contributed by atoms with Crippen LogP contribution in [0.5, 0.6) is 0 Å². The number of nitrogens with zero attached hydrogens (tertiary/aromatic N) is 3. The van der Waals surface area contributed by atoms with Gasteiger partial charge in [-0.25, -0.2) is 9.07 Å². The highest BCUT2D eigenvalue weighted by Gasteiger charge is 2.39. The Morgan fingerprint density at radius 3 is 2.24 bits per heavy atom. The fourth-order valence-corrected chi connectivity index (χ4v) is 1.32. The van der Waals surface area contributed by atoms with Crippen LogP contribution in [0.1, 0.15) is 5.69 Å². The van der Waals surface area contributed by atoms with Crippen molar-refractivity contribution in [2.45, 2.75) is 6.18 Å². The average Bonchev–Trinajstić information content (AvgIpc) is 2.61. The second-order valence-electron chi connectivity index (χ2n) is 3.21. The fraction of sp³-hybridized carbons (Fsp3) is 0.111. The van der Waals surface area contributed by atoms with E-state index in [1.54, 1.807) is 0 Å². The molecule has 2 aromatic rings. The third-order valence-electron chi connectivity index (χ3n) is 2.04. The van der Waals surface area contributed by atoms with Gasteiger partial charge in [0.1, 0.15) is 5.82 Å². The van der Waals surface area contributed by atoms with Gasteiger partial charge < -0.3 is 5.73 Å². The summed E-state index contributed by atoms with van der Waals surface area (Å²) in [5.74, 6) is -1.28. The van der Waals surface area contributed by atoms with Gasteiger partial charge in [-0.3, -0.25) is 0 Å². The number of nitrogens with two attached hydrogens (primary N) is 1. The summed E-state index contributed by atoms with van der Waals surface area (Å²) in [6.07, 6.45) is -4.68. The lowest BCUT2D eigenvalue weighted by Crippen LogP contribution is -2.15. The van der Waals surface area contributed by atoms with Gasteiger partial charge in [0.2, 0.25) is 0 Å². The number of nitrogen functional groups attached to an aromatic ring is 1. The van der Waals surface area contributed by atoms with Crippen LogP contribution in [-0.2, 0) is 6.18 Å². The van der Waals surface area contributed by atoms with E-state index in [0.29, 0.717) is 4.68 Å². The molecule has 0 aliphatic carbocycles. The number of rotatable bonds is 1. The highest BCUT2D eigenvalue weighted by Crippen LogP contribution is 2.33. The van der Waals surface area contributed by atoms with E-state index < -0.39 is 23.5 Å². The maximum Gasteiger partial charge on any atom is 0.437 e. The van der Waals surface area contributed by atoms with Gasteiger partial charge in [-0.2, -0.15) is 13.2 Å². The van der Waals surface area contributed by atoms with Gasteiger partial charge in [0.15, 0.2) is 11.5 Å². The average molecular weight is 246 g/mol. The molecule has 0 aliphatic rings. The molecule has 0 saturated heterocycles. The number of alkyl halides is 3. The van der Waals surface area contributed by atoms with Crippen molar-refractivity contribution >= 4 is 5.82 Å². The Morgan fingerprint density at radius 1 is 1.12 bits per heavy atom. The molecule has 0 atom stereocenters. The van der Waals surface area contributed by atoms with Crippen molar-refractivity contribution in [3.8, 4) is 5.69 Å². The van der Waals surface area contributed by atoms with Crippen LogP contribution in [0.4, 0.5) is 23.4 Å². The minimum atomic E-state index is -4.68. The molecule has 1 heterocycles. The maximum atomic E-state index is 12.7. The summed E-state index contributed by atoms with van der Waals surface area (Å²) in [6.45, 7) is 0. The lowest BCUT2D eigenvalue weighted by atomic mass is 10.3. The molecule has 0 bridgehead atoms. The normalized spacial score (nSPS) is 11.8. The summed E-state index contributed by atoms with van der Waals surface area (Å²) >= 11 is 0. The molecule has 2 rings (SSSR count). The Morgan fingerprint density at radius 2 is 1.71 bits per heavy atom. The highest BCUT2D eigenvalue weighted by molar-refractivity contribution is 5.42. The maximum absolute atomic E-state index is 12.7. The predicted octanol–water partition coefficient (Wildman–Crippen LogP) is 2.01. The van der Waals surface area contributed by atoms with Crippen LogP contribution in [-0.4, -0.2) is 15.0 Å². The number of halogens is 4. The van der Waals surface area contributed by atoms with E-state index in [1.165, 1.54) is 0 Å². The summed E-state index contributed by atoms with van der Waals surface area (Å²) in [5.41, 5.74) is 3.96. The first-order valence-electron chi connectivity index (χ1n) is 4.44. The van der Waals surface area contributed by atoms with E-state index in [2.05, 4.69) is 10.3 Å². The number of hydrogen-bond donors (Lipinski definition) is 1. The summed E-state index contributed by atoms with van der Waals surface area (Å²) < 4.78 is 51.1. The van der Waals surface area contributed by atoms with Crippen molar-refractivity contribution < 1.29 is 17.6 Å². The standard InChI is InChI=1S/C9H6F4N4/c10-5-1-3-6(4-2-5)17-7(9(11,12)13)8(14)15-16-17/h1-4H,14H2. The SMILES string of the molecule is Nc1nnn(-c2ccc(F)cc2)c1C(F)(F)F. The Kier molecular flexibility index (Phi) is 2.49. The van der Waals surface area contributed by atoms with E-state index in [1.807, 2.05) is 0 Å². The zero-order chi connectivity index (χ0) is 12.6. The molecule has 0 unspecified atom stereocenters. The van der Waals surface area contributed by atoms with Gasteiger partial charge in [-0.15, -0.1) is 5.10 Å². The van der Waals surface area contributed by atoms with E-state index in [9.17, 15) is 17.6 Å². The third-order valence-corrected chi connectivity index (χ3v) is 2.04. The molecular weight excluding hydrogens is 240 g/mol. The Labute approximate surface area is 92.7 Å². The molecule has 2 N–H and O–H groups in total. The zero-order valence-corrected chi connectivity index (χ0v) is 8.24. The van der Waals surface area contributed by atoms with Crippen LogP contribution < -0.4 is 5.73 Å². The Bertz CT molecular complexity index is 529.